The van der Waals surface area contributed by atoms with E-state index in [-0.39, 0.29) is 67.8 Å². The van der Waals surface area contributed by atoms with E-state index in [1.165, 1.54) is 12.1 Å². The molecule has 336 valence electrons. The Morgan fingerprint density at radius 1 is 0.778 bits per heavy atom. The lowest BCUT2D eigenvalue weighted by Crippen LogP contribution is -2.40. The van der Waals surface area contributed by atoms with Gasteiger partial charge in [0.1, 0.15) is 17.3 Å². The van der Waals surface area contributed by atoms with Gasteiger partial charge in [-0.05, 0) is 84.4 Å². The molecule has 0 aliphatic heterocycles. The van der Waals surface area contributed by atoms with Crippen LogP contribution in [0.3, 0.4) is 0 Å². The molecule has 3 aromatic rings. The summed E-state index contributed by atoms with van der Waals surface area (Å²) in [6.45, 7) is 19.8. The Labute approximate surface area is 372 Å². The Balaban J connectivity index is 1.57. The molecule has 2 aliphatic carbocycles. The molecule has 5 rings (SSSR count). The Bertz CT molecular complexity index is 2340. The number of aliphatic hydroxyl groups is 2. The minimum atomic E-state index is -1.03. The lowest BCUT2D eigenvalue weighted by molar-refractivity contribution is -0.127. The van der Waals surface area contributed by atoms with Crippen LogP contribution >= 0.6 is 0 Å². The second kappa shape index (κ2) is 20.5. The Morgan fingerprint density at radius 2 is 1.43 bits per heavy atom. The van der Waals surface area contributed by atoms with E-state index < -0.39 is 41.9 Å². The molecule has 1 atom stereocenters. The molecule has 0 aromatic heterocycles. The van der Waals surface area contributed by atoms with Crippen molar-refractivity contribution in [3.8, 4) is 11.5 Å². The fourth-order valence-corrected chi connectivity index (χ4v) is 7.66. The number of amides is 2. The summed E-state index contributed by atoms with van der Waals surface area (Å²) >= 11 is 0. The Morgan fingerprint density at radius 3 is 2.00 bits per heavy atom. The van der Waals surface area contributed by atoms with Crippen molar-refractivity contribution < 1.29 is 39.2 Å². The highest BCUT2D eigenvalue weighted by Crippen LogP contribution is 2.46. The van der Waals surface area contributed by atoms with Crippen LogP contribution in [0.4, 0.5) is 5.69 Å². The number of phenols is 1. The quantitative estimate of drug-likeness (QED) is 0.0696. The van der Waals surface area contributed by atoms with Gasteiger partial charge >= 0.3 is 0 Å². The lowest BCUT2D eigenvalue weighted by Gasteiger charge is -2.32. The van der Waals surface area contributed by atoms with Gasteiger partial charge in [-0.25, -0.2) is 0 Å². The first-order valence-electron chi connectivity index (χ1n) is 22.4. The van der Waals surface area contributed by atoms with Gasteiger partial charge in [-0.3, -0.25) is 19.2 Å². The molecule has 0 fully saturated rings. The van der Waals surface area contributed by atoms with Gasteiger partial charge in [0.05, 0.1) is 29.1 Å². The van der Waals surface area contributed by atoms with Gasteiger partial charge in [0.15, 0.2) is 6.10 Å². The summed E-state index contributed by atoms with van der Waals surface area (Å²) in [5.74, 6) is -2.77. The van der Waals surface area contributed by atoms with Crippen LogP contribution in [0, 0.1) is 0 Å². The van der Waals surface area contributed by atoms with Crippen molar-refractivity contribution in [2.45, 2.75) is 131 Å². The number of rotatable bonds is 20. The predicted molar refractivity (Wildman–Crippen MR) is 249 cm³/mol. The molecule has 63 heavy (non-hydrogen) atoms. The number of Topliss-reactive ketones (excluding diaryl/α,β-unsaturated/α-hetero) is 1. The lowest BCUT2D eigenvalue weighted by atomic mass is 9.76. The first kappa shape index (κ1) is 48.1. The maximum absolute atomic E-state index is 14.3. The standard InChI is InChI=1S/C52H65N3O8/c1-10-15-24-55(25-16-11-2)35-26-33(31-56)44(41(58)28-35)46-47(59)45(48(46)60)36-29-39(54-49(61)32-20-18-17-19-21-32)40(57)30-38(36)53-50(62)42(12-3)63-43-23-22-34(51(6,7)13-4)27-37(43)52(8,9)14-5/h17-23,26-30,42,56,58-59H,10-16,24-25,31H2,1-9H3,(H,53,62)(H,54,61)/b45-36-. The van der Waals surface area contributed by atoms with Crippen LogP contribution in [-0.2, 0) is 31.8 Å². The third-order valence-electron chi connectivity index (χ3n) is 12.6. The summed E-state index contributed by atoms with van der Waals surface area (Å²) in [5.41, 5.74) is 2.18. The molecule has 3 aromatic carbocycles. The number of benzene rings is 3. The third-order valence-corrected chi connectivity index (χ3v) is 12.6. The number of phenolic OH excluding ortho intramolecular Hbond substituents is 1. The van der Waals surface area contributed by atoms with Gasteiger partial charge in [-0.1, -0.05) is 105 Å². The number of nitrogens with one attached hydrogen (secondary N) is 2. The van der Waals surface area contributed by atoms with Crippen LogP contribution in [0.2, 0.25) is 0 Å². The number of nitrogens with zero attached hydrogens (tertiary/aromatic N) is 1. The zero-order chi connectivity index (χ0) is 46.2. The summed E-state index contributed by atoms with van der Waals surface area (Å²) in [6.07, 6.45) is 7.11. The fourth-order valence-electron chi connectivity index (χ4n) is 7.66. The number of hydrogen-bond donors (Lipinski definition) is 5. The molecular weight excluding hydrogens is 795 g/mol. The normalized spacial score (nSPS) is 16.0. The molecule has 5 N–H and O–H groups in total. The molecule has 0 spiro atoms. The minimum absolute atomic E-state index is 0.0133. The number of anilines is 1. The smallest absolute Gasteiger partial charge is 0.265 e. The maximum atomic E-state index is 14.3. The van der Waals surface area contributed by atoms with Gasteiger partial charge in [0.2, 0.25) is 11.6 Å². The zero-order valence-corrected chi connectivity index (χ0v) is 38.4. The number of unbranched alkanes of at least 4 members (excludes halogenated alkanes) is 2. The van der Waals surface area contributed by atoms with Crippen molar-refractivity contribution in [1.82, 2.24) is 10.6 Å². The number of carbonyl (C=O) groups excluding carboxylic acids is 4. The molecule has 1 unspecified atom stereocenters. The average Bonchev–Trinajstić information content (AvgIpc) is 3.27. The van der Waals surface area contributed by atoms with E-state index in [0.717, 1.165) is 68.8 Å². The van der Waals surface area contributed by atoms with Crippen LogP contribution in [0.5, 0.6) is 11.5 Å². The highest BCUT2D eigenvalue weighted by molar-refractivity contribution is 6.40. The van der Waals surface area contributed by atoms with Gasteiger partial charge in [-0.15, -0.1) is 0 Å². The Hall–Kier alpha value is -5.94. The Kier molecular flexibility index (Phi) is 15.6. The van der Waals surface area contributed by atoms with Crippen molar-refractivity contribution in [1.29, 1.82) is 0 Å². The molecule has 0 heterocycles. The van der Waals surface area contributed by atoms with E-state index in [2.05, 4.69) is 77.0 Å². The van der Waals surface area contributed by atoms with Crippen molar-refractivity contribution in [2.75, 3.05) is 18.0 Å². The number of aromatic hydroxyl groups is 1. The van der Waals surface area contributed by atoms with Gasteiger partial charge in [0, 0.05) is 53.2 Å². The number of ketones is 2. The van der Waals surface area contributed by atoms with Crippen molar-refractivity contribution in [3.63, 3.8) is 0 Å². The van der Waals surface area contributed by atoms with Crippen LogP contribution in [0.1, 0.15) is 140 Å². The molecule has 2 aliphatic rings. The summed E-state index contributed by atoms with van der Waals surface area (Å²) in [7, 11) is 0. The maximum Gasteiger partial charge on any atom is 0.265 e. The van der Waals surface area contributed by atoms with Crippen molar-refractivity contribution >= 4 is 34.6 Å². The van der Waals surface area contributed by atoms with Crippen LogP contribution in [-0.4, -0.2) is 57.9 Å². The van der Waals surface area contributed by atoms with Crippen LogP contribution < -0.4 is 20.3 Å². The number of ether oxygens (including phenoxy) is 1. The first-order chi connectivity index (χ1) is 30.0. The number of hydrogen-bond acceptors (Lipinski definition) is 9. The zero-order valence-electron chi connectivity index (χ0n) is 38.4. The molecule has 0 saturated heterocycles. The van der Waals surface area contributed by atoms with E-state index in [4.69, 9.17) is 4.74 Å². The molecule has 0 bridgehead atoms. The van der Waals surface area contributed by atoms with Gasteiger partial charge in [0.25, 0.3) is 11.8 Å². The largest absolute Gasteiger partial charge is 0.507 e. The topological polar surface area (TPSA) is 165 Å². The molecule has 0 radical (unpaired) electrons. The second-order valence-corrected chi connectivity index (χ2v) is 17.7. The highest BCUT2D eigenvalue weighted by atomic mass is 16.5. The molecule has 11 nitrogen and oxygen atoms in total. The average molecular weight is 860 g/mol. The van der Waals surface area contributed by atoms with Gasteiger partial charge in [-0.2, -0.15) is 0 Å². The monoisotopic (exact) mass is 859 g/mol. The first-order valence-corrected chi connectivity index (χ1v) is 22.4. The fraction of sp³-hybridized carbons (Fsp3) is 0.423. The summed E-state index contributed by atoms with van der Waals surface area (Å²) in [6, 6.07) is 17.6. The summed E-state index contributed by atoms with van der Waals surface area (Å²) in [4.78, 5) is 57.6. The van der Waals surface area contributed by atoms with Crippen LogP contribution in [0.15, 0.2) is 101 Å². The minimum Gasteiger partial charge on any atom is -0.507 e. The predicted octanol–water partition coefficient (Wildman–Crippen LogP) is 9.57. The number of carbonyl (C=O) groups is 4. The number of allylic oxidation sites excluding steroid dienone is 4. The van der Waals surface area contributed by atoms with E-state index in [1.807, 2.05) is 12.1 Å². The summed E-state index contributed by atoms with van der Waals surface area (Å²) in [5, 5.41) is 39.2. The molecule has 11 heteroatoms. The van der Waals surface area contributed by atoms with Gasteiger partial charge < -0.3 is 35.6 Å². The van der Waals surface area contributed by atoms with Crippen LogP contribution in [0.25, 0.3) is 5.57 Å². The van der Waals surface area contributed by atoms with Crippen molar-refractivity contribution in [3.05, 3.63) is 129 Å². The SMILES string of the molecule is CCCCN(CCCC)c1cc(O)c(C2=C(O)/C(=C3\C=C(NC(=O)c4ccccc4)C(=O)C=C3NC(=O)C(CC)Oc3ccc(C(C)(C)CC)cc3C(C)(C)CC)C2=O)c(CO)c1. The van der Waals surface area contributed by atoms with E-state index in [1.54, 1.807) is 43.3 Å². The van der Waals surface area contributed by atoms with E-state index >= 15 is 0 Å². The molecule has 2 amide bonds. The highest BCUT2D eigenvalue weighted by Gasteiger charge is 2.42. The third kappa shape index (κ3) is 10.5. The number of aliphatic hydroxyl groups excluding tert-OH is 2. The second-order valence-electron chi connectivity index (χ2n) is 17.7. The summed E-state index contributed by atoms with van der Waals surface area (Å²) < 4.78 is 6.51. The van der Waals surface area contributed by atoms with Crippen molar-refractivity contribution in [2.24, 2.45) is 0 Å². The van der Waals surface area contributed by atoms with E-state index in [9.17, 15) is 34.5 Å². The van der Waals surface area contributed by atoms with E-state index in [0.29, 0.717) is 11.4 Å². The molecular formula is C52H65N3O8. The molecule has 0 saturated carbocycles.